The van der Waals surface area contributed by atoms with Crippen molar-refractivity contribution in [2.24, 2.45) is 0 Å². The number of rotatable bonds is 1. The van der Waals surface area contributed by atoms with Crippen LogP contribution in [0.15, 0.2) is 24.3 Å². The molecule has 2 aromatic rings. The van der Waals surface area contributed by atoms with Crippen LogP contribution in [-0.4, -0.2) is 4.98 Å². The average Bonchev–Trinajstić information content (AvgIpc) is 2.47. The first kappa shape index (κ1) is 10.0. The van der Waals surface area contributed by atoms with Gasteiger partial charge in [0.25, 0.3) is 0 Å². The molecule has 0 amide bonds. The van der Waals surface area contributed by atoms with E-state index in [1.54, 1.807) is 23.5 Å². The Kier molecular flexibility index (Phi) is 2.83. The highest BCUT2D eigenvalue weighted by Crippen LogP contribution is 2.30. The van der Waals surface area contributed by atoms with Crippen LogP contribution in [0.2, 0.25) is 0 Å². The zero-order valence-corrected chi connectivity index (χ0v) is 10.4. The van der Waals surface area contributed by atoms with E-state index in [2.05, 4.69) is 27.6 Å². The minimum Gasteiger partial charge on any atom is -0.235 e. The van der Waals surface area contributed by atoms with E-state index in [1.807, 2.05) is 6.92 Å². The Bertz CT molecular complexity index is 450. The maximum Gasteiger partial charge on any atom is 0.123 e. The molecule has 0 bridgehead atoms. The molecule has 0 spiro atoms. The van der Waals surface area contributed by atoms with Crippen LogP contribution in [0.1, 0.15) is 5.01 Å². The first-order valence-electron chi connectivity index (χ1n) is 4.05. The van der Waals surface area contributed by atoms with Crippen LogP contribution in [0, 0.1) is 16.4 Å². The molecule has 1 nitrogen and oxygen atoms in total. The lowest BCUT2D eigenvalue weighted by Crippen LogP contribution is -1.78. The second-order valence-corrected chi connectivity index (χ2v) is 5.08. The van der Waals surface area contributed by atoms with Gasteiger partial charge in [0, 0.05) is 0 Å². The predicted octanol–water partition coefficient (Wildman–Crippen LogP) is 3.86. The van der Waals surface area contributed by atoms with Gasteiger partial charge in [-0.1, -0.05) is 12.1 Å². The summed E-state index contributed by atoms with van der Waals surface area (Å²) in [6.45, 7) is 1.97. The summed E-state index contributed by atoms with van der Waals surface area (Å²) in [5, 5.41) is 1.04. The number of hydrogen-bond acceptors (Lipinski definition) is 2. The minimum atomic E-state index is -0.204. The van der Waals surface area contributed by atoms with Crippen molar-refractivity contribution in [1.82, 2.24) is 4.98 Å². The summed E-state index contributed by atoms with van der Waals surface area (Å²) in [7, 11) is 0. The zero-order valence-electron chi connectivity index (χ0n) is 7.42. The van der Waals surface area contributed by atoms with Crippen molar-refractivity contribution in [1.29, 1.82) is 0 Å². The minimum absolute atomic E-state index is 0.204. The van der Waals surface area contributed by atoms with E-state index >= 15 is 0 Å². The van der Waals surface area contributed by atoms with Crippen LogP contribution in [0.4, 0.5) is 4.39 Å². The second-order valence-electron chi connectivity index (χ2n) is 2.86. The molecule has 4 heteroatoms. The summed E-state index contributed by atoms with van der Waals surface area (Å²) in [4.78, 5) is 5.44. The van der Waals surface area contributed by atoms with Crippen molar-refractivity contribution in [2.75, 3.05) is 0 Å². The van der Waals surface area contributed by atoms with Gasteiger partial charge in [0.15, 0.2) is 0 Å². The number of benzene rings is 1. The Morgan fingerprint density at radius 3 is 2.43 bits per heavy atom. The molecular weight excluding hydrogens is 312 g/mol. The van der Waals surface area contributed by atoms with Crippen LogP contribution < -0.4 is 0 Å². The van der Waals surface area contributed by atoms with Crippen LogP contribution in [-0.2, 0) is 0 Å². The number of nitrogens with zero attached hydrogens (tertiary/aromatic N) is 1. The van der Waals surface area contributed by atoms with Crippen molar-refractivity contribution in [3.05, 3.63) is 38.8 Å². The molecule has 72 valence electrons. The molecule has 1 aromatic carbocycles. The molecule has 0 aliphatic carbocycles. The van der Waals surface area contributed by atoms with Crippen LogP contribution in [0.5, 0.6) is 0 Å². The van der Waals surface area contributed by atoms with Crippen molar-refractivity contribution in [2.45, 2.75) is 6.92 Å². The Balaban J connectivity index is 2.49. The second kappa shape index (κ2) is 3.94. The molecule has 0 N–H and O–H groups in total. The van der Waals surface area contributed by atoms with Crippen molar-refractivity contribution < 1.29 is 4.39 Å². The number of halogens is 2. The SMILES string of the molecule is Cc1nc(I)c(-c2ccc(F)cc2)s1. The van der Waals surface area contributed by atoms with E-state index in [0.717, 1.165) is 19.1 Å². The maximum absolute atomic E-state index is 12.7. The topological polar surface area (TPSA) is 12.9 Å². The summed E-state index contributed by atoms with van der Waals surface area (Å²) in [6.07, 6.45) is 0. The van der Waals surface area contributed by atoms with Gasteiger partial charge in [0.1, 0.15) is 9.52 Å². The summed E-state index contributed by atoms with van der Waals surface area (Å²) < 4.78 is 13.7. The molecular formula is C10H7FINS. The fourth-order valence-electron chi connectivity index (χ4n) is 1.18. The van der Waals surface area contributed by atoms with E-state index < -0.39 is 0 Å². The number of thiazole rings is 1. The van der Waals surface area contributed by atoms with E-state index in [1.165, 1.54) is 12.1 Å². The van der Waals surface area contributed by atoms with Gasteiger partial charge in [0.2, 0.25) is 0 Å². The third-order valence-corrected chi connectivity index (χ3v) is 3.97. The Hall–Kier alpha value is -0.490. The van der Waals surface area contributed by atoms with Crippen molar-refractivity contribution in [3.8, 4) is 10.4 Å². The van der Waals surface area contributed by atoms with Crippen LogP contribution in [0.3, 0.4) is 0 Å². The first-order valence-corrected chi connectivity index (χ1v) is 5.95. The van der Waals surface area contributed by atoms with E-state index in [9.17, 15) is 4.39 Å². The third kappa shape index (κ3) is 1.95. The summed E-state index contributed by atoms with van der Waals surface area (Å²) in [5.74, 6) is -0.204. The van der Waals surface area contributed by atoms with Gasteiger partial charge in [-0.2, -0.15) is 0 Å². The van der Waals surface area contributed by atoms with E-state index in [4.69, 9.17) is 0 Å². The molecule has 0 radical (unpaired) electrons. The number of aromatic nitrogens is 1. The largest absolute Gasteiger partial charge is 0.235 e. The Morgan fingerprint density at radius 1 is 1.29 bits per heavy atom. The van der Waals surface area contributed by atoms with Crippen LogP contribution >= 0.6 is 33.9 Å². The van der Waals surface area contributed by atoms with Gasteiger partial charge in [-0.05, 0) is 47.2 Å². The standard InChI is InChI=1S/C10H7FINS/c1-6-13-10(12)9(14-6)7-2-4-8(11)5-3-7/h2-5H,1H3. The smallest absolute Gasteiger partial charge is 0.123 e. The summed E-state index contributed by atoms with van der Waals surface area (Å²) in [6, 6.07) is 6.51. The molecule has 14 heavy (non-hydrogen) atoms. The first-order chi connectivity index (χ1) is 6.66. The van der Waals surface area contributed by atoms with Crippen molar-refractivity contribution >= 4 is 33.9 Å². The molecule has 0 saturated carbocycles. The molecule has 0 aliphatic rings. The van der Waals surface area contributed by atoms with Gasteiger partial charge in [-0.3, -0.25) is 0 Å². The van der Waals surface area contributed by atoms with Gasteiger partial charge in [-0.25, -0.2) is 9.37 Å². The van der Waals surface area contributed by atoms with Crippen LogP contribution in [0.25, 0.3) is 10.4 Å². The predicted molar refractivity (Wildman–Crippen MR) is 65.0 cm³/mol. The maximum atomic E-state index is 12.7. The highest BCUT2D eigenvalue weighted by molar-refractivity contribution is 14.1. The molecule has 0 atom stereocenters. The fourth-order valence-corrected chi connectivity index (χ4v) is 3.16. The van der Waals surface area contributed by atoms with Gasteiger partial charge in [-0.15, -0.1) is 11.3 Å². The average molecular weight is 319 g/mol. The highest BCUT2D eigenvalue weighted by Gasteiger charge is 2.08. The van der Waals surface area contributed by atoms with E-state index in [-0.39, 0.29) is 5.82 Å². The van der Waals surface area contributed by atoms with Gasteiger partial charge >= 0.3 is 0 Å². The Labute approximate surface area is 99.1 Å². The molecule has 0 aliphatic heterocycles. The van der Waals surface area contributed by atoms with E-state index in [0.29, 0.717) is 0 Å². The summed E-state index contributed by atoms with van der Waals surface area (Å²) >= 11 is 3.83. The van der Waals surface area contributed by atoms with Gasteiger partial charge in [0.05, 0.1) is 9.88 Å². The zero-order chi connectivity index (χ0) is 10.1. The lowest BCUT2D eigenvalue weighted by atomic mass is 10.2. The lowest BCUT2D eigenvalue weighted by Gasteiger charge is -1.96. The third-order valence-electron chi connectivity index (χ3n) is 1.80. The quantitative estimate of drug-likeness (QED) is 0.727. The fraction of sp³-hybridized carbons (Fsp3) is 0.100. The van der Waals surface area contributed by atoms with Crippen molar-refractivity contribution in [3.63, 3.8) is 0 Å². The number of hydrogen-bond donors (Lipinski definition) is 0. The highest BCUT2D eigenvalue weighted by atomic mass is 127. The lowest BCUT2D eigenvalue weighted by molar-refractivity contribution is 0.628. The molecule has 2 rings (SSSR count). The normalized spacial score (nSPS) is 10.5. The number of aryl methyl sites for hydroxylation is 1. The molecule has 0 saturated heterocycles. The van der Waals surface area contributed by atoms with Gasteiger partial charge < -0.3 is 0 Å². The Morgan fingerprint density at radius 2 is 1.93 bits per heavy atom. The molecule has 1 heterocycles. The molecule has 0 unspecified atom stereocenters. The monoisotopic (exact) mass is 319 g/mol. The summed E-state index contributed by atoms with van der Waals surface area (Å²) in [5.41, 5.74) is 1.03. The molecule has 1 aromatic heterocycles. The molecule has 0 fully saturated rings.